The van der Waals surface area contributed by atoms with E-state index < -0.39 is 35.6 Å². The van der Waals surface area contributed by atoms with Crippen molar-refractivity contribution in [3.63, 3.8) is 0 Å². The van der Waals surface area contributed by atoms with Crippen LogP contribution in [0.15, 0.2) is 42.5 Å². The van der Waals surface area contributed by atoms with Crippen molar-refractivity contribution in [2.24, 2.45) is 0 Å². The number of rotatable bonds is 3. The quantitative estimate of drug-likeness (QED) is 0.745. The maximum Gasteiger partial charge on any atom is 0.494 e. The van der Waals surface area contributed by atoms with Gasteiger partial charge in [-0.2, -0.15) is 8.78 Å². The third kappa shape index (κ3) is 3.05. The van der Waals surface area contributed by atoms with Crippen LogP contribution >= 0.6 is 0 Å². The molecule has 0 amide bonds. The molecule has 6 heteroatoms. The molecule has 0 spiro atoms. The second kappa shape index (κ2) is 6.13. The van der Waals surface area contributed by atoms with Crippen molar-refractivity contribution in [3.8, 4) is 0 Å². The summed E-state index contributed by atoms with van der Waals surface area (Å²) < 4.78 is 55.6. The van der Waals surface area contributed by atoms with Crippen LogP contribution in [-0.2, 0) is 15.2 Å². The predicted molar refractivity (Wildman–Crippen MR) is 96.3 cm³/mol. The van der Waals surface area contributed by atoms with E-state index in [2.05, 4.69) is 0 Å². The summed E-state index contributed by atoms with van der Waals surface area (Å²) >= 11 is 0. The first kappa shape index (κ1) is 19.0. The lowest BCUT2D eigenvalue weighted by Gasteiger charge is -2.32. The number of hydrogen-bond donors (Lipinski definition) is 0. The fraction of sp³-hybridized carbons (Fsp3) is 0.400. The average molecular weight is 362 g/mol. The zero-order valence-electron chi connectivity index (χ0n) is 15.6. The number of alkyl halides is 2. The lowest BCUT2D eigenvalue weighted by molar-refractivity contribution is 0.00578. The van der Waals surface area contributed by atoms with Crippen LogP contribution in [0.3, 0.4) is 0 Å². The molecule has 0 radical (unpaired) electrons. The van der Waals surface area contributed by atoms with Crippen molar-refractivity contribution in [2.45, 2.75) is 51.7 Å². The molecule has 1 aliphatic rings. The normalized spacial score (nSPS) is 19.0. The van der Waals surface area contributed by atoms with Crippen LogP contribution in [-0.4, -0.2) is 18.3 Å². The molecule has 1 saturated heterocycles. The van der Waals surface area contributed by atoms with E-state index in [4.69, 9.17) is 9.31 Å². The van der Waals surface area contributed by atoms with E-state index in [0.29, 0.717) is 5.46 Å². The highest BCUT2D eigenvalue weighted by molar-refractivity contribution is 6.62. The molecule has 3 rings (SSSR count). The van der Waals surface area contributed by atoms with Crippen LogP contribution in [0.2, 0.25) is 0 Å². The van der Waals surface area contributed by atoms with Gasteiger partial charge in [-0.05, 0) is 51.7 Å². The molecular weight excluding hydrogens is 340 g/mol. The molecule has 2 aromatic rings. The summed E-state index contributed by atoms with van der Waals surface area (Å²) in [4.78, 5) is 0. The van der Waals surface area contributed by atoms with E-state index in [1.54, 1.807) is 12.1 Å². The zero-order chi connectivity index (χ0) is 19.3. The SMILES string of the molecule is Cc1cccc(C(F)(F)c2ccc(B3OC(C)(C)C(C)(C)O3)cc2)c1F. The molecule has 26 heavy (non-hydrogen) atoms. The summed E-state index contributed by atoms with van der Waals surface area (Å²) in [5.74, 6) is -4.31. The molecule has 2 aromatic carbocycles. The fourth-order valence-corrected chi connectivity index (χ4v) is 2.87. The van der Waals surface area contributed by atoms with Crippen molar-refractivity contribution in [1.29, 1.82) is 0 Å². The molecule has 0 unspecified atom stereocenters. The fourth-order valence-electron chi connectivity index (χ4n) is 2.87. The molecule has 0 atom stereocenters. The van der Waals surface area contributed by atoms with Gasteiger partial charge in [0.25, 0.3) is 0 Å². The van der Waals surface area contributed by atoms with Gasteiger partial charge in [0.05, 0.1) is 16.8 Å². The van der Waals surface area contributed by atoms with Crippen molar-refractivity contribution in [3.05, 3.63) is 65.0 Å². The Morgan fingerprint density at radius 2 is 1.42 bits per heavy atom. The Balaban J connectivity index is 1.89. The largest absolute Gasteiger partial charge is 0.494 e. The standard InChI is InChI=1S/C20H22BF3O2/c1-13-7-6-8-16(17(13)22)20(23,24)14-9-11-15(12-10-14)21-25-18(2,3)19(4,5)26-21/h6-12H,1-5H3. The summed E-state index contributed by atoms with van der Waals surface area (Å²) in [6, 6.07) is 9.68. The van der Waals surface area contributed by atoms with Crippen LogP contribution in [0.25, 0.3) is 0 Å². The maximum atomic E-state index is 14.8. The van der Waals surface area contributed by atoms with Crippen LogP contribution in [0, 0.1) is 12.7 Å². The van der Waals surface area contributed by atoms with Crippen molar-refractivity contribution >= 4 is 12.6 Å². The smallest absolute Gasteiger partial charge is 0.399 e. The van der Waals surface area contributed by atoms with Gasteiger partial charge in [0.2, 0.25) is 0 Å². The zero-order valence-corrected chi connectivity index (χ0v) is 15.6. The number of benzene rings is 2. The average Bonchev–Trinajstić information content (AvgIpc) is 2.78. The van der Waals surface area contributed by atoms with Gasteiger partial charge in [-0.3, -0.25) is 0 Å². The van der Waals surface area contributed by atoms with Gasteiger partial charge in [0, 0.05) is 5.56 Å². The summed E-state index contributed by atoms with van der Waals surface area (Å²) in [6.45, 7) is 9.18. The Morgan fingerprint density at radius 1 is 0.885 bits per heavy atom. The second-order valence-electron chi connectivity index (χ2n) is 7.72. The molecule has 0 aliphatic carbocycles. The predicted octanol–water partition coefficient (Wildman–Crippen LogP) is 4.57. The van der Waals surface area contributed by atoms with Crippen LogP contribution in [0.1, 0.15) is 44.4 Å². The van der Waals surface area contributed by atoms with Gasteiger partial charge >= 0.3 is 13.0 Å². The van der Waals surface area contributed by atoms with Crippen LogP contribution < -0.4 is 5.46 Å². The van der Waals surface area contributed by atoms with Gasteiger partial charge in [-0.15, -0.1) is 0 Å². The second-order valence-corrected chi connectivity index (χ2v) is 7.72. The highest BCUT2D eigenvalue weighted by Crippen LogP contribution is 2.39. The van der Waals surface area contributed by atoms with E-state index >= 15 is 0 Å². The molecule has 138 valence electrons. The lowest BCUT2D eigenvalue weighted by atomic mass is 9.78. The number of halogens is 3. The van der Waals surface area contributed by atoms with Crippen molar-refractivity contribution < 1.29 is 22.5 Å². The van der Waals surface area contributed by atoms with E-state index in [1.165, 1.54) is 31.2 Å². The third-order valence-corrected chi connectivity index (χ3v) is 5.33. The molecule has 0 aromatic heterocycles. The van der Waals surface area contributed by atoms with Crippen molar-refractivity contribution in [2.75, 3.05) is 0 Å². The molecule has 1 fully saturated rings. The summed E-state index contributed by atoms with van der Waals surface area (Å²) in [7, 11) is -0.627. The Bertz CT molecular complexity index is 800. The monoisotopic (exact) mass is 362 g/mol. The van der Waals surface area contributed by atoms with E-state index in [-0.39, 0.29) is 11.1 Å². The maximum absolute atomic E-state index is 14.8. The van der Waals surface area contributed by atoms with Gasteiger partial charge < -0.3 is 9.31 Å². The van der Waals surface area contributed by atoms with Crippen molar-refractivity contribution in [1.82, 2.24) is 0 Å². The molecule has 0 bridgehead atoms. The summed E-state index contributed by atoms with van der Waals surface area (Å²) in [6.07, 6.45) is 0. The summed E-state index contributed by atoms with van der Waals surface area (Å²) in [5, 5.41) is 0. The highest BCUT2D eigenvalue weighted by atomic mass is 19.3. The van der Waals surface area contributed by atoms with E-state index in [0.717, 1.165) is 6.07 Å². The lowest BCUT2D eigenvalue weighted by Crippen LogP contribution is -2.41. The van der Waals surface area contributed by atoms with Gasteiger partial charge in [-0.1, -0.05) is 36.4 Å². The molecule has 1 aliphatic heterocycles. The topological polar surface area (TPSA) is 18.5 Å². The molecule has 0 saturated carbocycles. The minimum Gasteiger partial charge on any atom is -0.399 e. The highest BCUT2D eigenvalue weighted by Gasteiger charge is 2.51. The van der Waals surface area contributed by atoms with Crippen LogP contribution in [0.5, 0.6) is 0 Å². The number of hydrogen-bond acceptors (Lipinski definition) is 2. The Kier molecular flexibility index (Phi) is 4.48. The Hall–Kier alpha value is -1.79. The first-order valence-corrected chi connectivity index (χ1v) is 8.55. The minimum absolute atomic E-state index is 0.191. The molecular formula is C20H22BF3O2. The van der Waals surface area contributed by atoms with E-state index in [9.17, 15) is 13.2 Å². The van der Waals surface area contributed by atoms with Gasteiger partial charge in [0.15, 0.2) is 0 Å². The van der Waals surface area contributed by atoms with Gasteiger partial charge in [-0.25, -0.2) is 4.39 Å². The Labute approximate surface area is 152 Å². The Morgan fingerprint density at radius 3 is 1.96 bits per heavy atom. The first-order chi connectivity index (χ1) is 12.0. The van der Waals surface area contributed by atoms with Crippen LogP contribution in [0.4, 0.5) is 13.2 Å². The first-order valence-electron chi connectivity index (χ1n) is 8.55. The molecule has 1 heterocycles. The number of aryl methyl sites for hydroxylation is 1. The molecule has 2 nitrogen and oxygen atoms in total. The molecule has 0 N–H and O–H groups in total. The third-order valence-electron chi connectivity index (χ3n) is 5.33. The summed E-state index contributed by atoms with van der Waals surface area (Å²) in [5.41, 5.74) is -1.08. The van der Waals surface area contributed by atoms with Gasteiger partial charge in [0.1, 0.15) is 5.82 Å². The minimum atomic E-state index is -3.43. The van der Waals surface area contributed by atoms with E-state index in [1.807, 2.05) is 27.7 Å².